The minimum atomic E-state index is 0.579. The van der Waals surface area contributed by atoms with Gasteiger partial charge in [-0.25, -0.2) is 0 Å². The van der Waals surface area contributed by atoms with E-state index in [1.807, 2.05) is 36.4 Å². The molecular weight excluding hydrogens is 264 g/mol. The molecule has 0 aliphatic carbocycles. The highest BCUT2D eigenvalue weighted by Crippen LogP contribution is 2.20. The first-order valence-electron chi connectivity index (χ1n) is 4.83. The first-order valence-corrected chi connectivity index (χ1v) is 5.63. The summed E-state index contributed by atoms with van der Waals surface area (Å²) in [7, 11) is 0. The number of pyridine rings is 1. The van der Waals surface area contributed by atoms with Crippen LogP contribution >= 0.6 is 15.9 Å². The Kier molecular flexibility index (Phi) is 3.06. The molecule has 1 heterocycles. The molecule has 0 bridgehead atoms. The predicted molar refractivity (Wildman–Crippen MR) is 70.6 cm³/mol. The fourth-order valence-corrected chi connectivity index (χ4v) is 1.64. The number of benzene rings is 1. The van der Waals surface area contributed by atoms with Gasteiger partial charge in [0.1, 0.15) is 0 Å². The summed E-state index contributed by atoms with van der Waals surface area (Å²) in [6.45, 7) is 3.70. The molecule has 2 aromatic rings. The SMILES string of the molecule is C=C(N)c1ccc(-c2ccc(Br)cn2)cc1. The van der Waals surface area contributed by atoms with Crippen molar-refractivity contribution in [2.75, 3.05) is 0 Å². The molecule has 0 amide bonds. The third-order valence-corrected chi connectivity index (χ3v) is 2.75. The monoisotopic (exact) mass is 274 g/mol. The van der Waals surface area contributed by atoms with E-state index in [-0.39, 0.29) is 0 Å². The van der Waals surface area contributed by atoms with Crippen molar-refractivity contribution in [3.8, 4) is 11.3 Å². The van der Waals surface area contributed by atoms with E-state index in [2.05, 4.69) is 27.5 Å². The van der Waals surface area contributed by atoms with Crippen molar-refractivity contribution in [3.63, 3.8) is 0 Å². The van der Waals surface area contributed by atoms with Crippen LogP contribution in [0.2, 0.25) is 0 Å². The van der Waals surface area contributed by atoms with Crippen molar-refractivity contribution in [2.24, 2.45) is 5.73 Å². The van der Waals surface area contributed by atoms with Crippen molar-refractivity contribution in [1.29, 1.82) is 0 Å². The van der Waals surface area contributed by atoms with E-state index in [1.165, 1.54) is 0 Å². The maximum Gasteiger partial charge on any atom is 0.0702 e. The number of nitrogens with two attached hydrogens (primary N) is 1. The lowest BCUT2D eigenvalue weighted by Crippen LogP contribution is -1.93. The quantitative estimate of drug-likeness (QED) is 0.911. The van der Waals surface area contributed by atoms with Crippen LogP contribution in [0.25, 0.3) is 17.0 Å². The summed E-state index contributed by atoms with van der Waals surface area (Å²) in [5, 5.41) is 0. The third kappa shape index (κ3) is 2.31. The van der Waals surface area contributed by atoms with Crippen LogP contribution in [-0.2, 0) is 0 Å². The average molecular weight is 275 g/mol. The molecule has 1 aromatic heterocycles. The van der Waals surface area contributed by atoms with Crippen molar-refractivity contribution < 1.29 is 0 Å². The number of aromatic nitrogens is 1. The Balaban J connectivity index is 2.34. The second kappa shape index (κ2) is 4.49. The zero-order valence-corrected chi connectivity index (χ0v) is 10.2. The van der Waals surface area contributed by atoms with E-state index in [0.717, 1.165) is 21.3 Å². The number of nitrogens with zero attached hydrogens (tertiary/aromatic N) is 1. The lowest BCUT2D eigenvalue weighted by Gasteiger charge is -2.03. The molecule has 0 unspecified atom stereocenters. The predicted octanol–water partition coefficient (Wildman–Crippen LogP) is 3.44. The molecule has 3 heteroatoms. The summed E-state index contributed by atoms with van der Waals surface area (Å²) < 4.78 is 0.975. The van der Waals surface area contributed by atoms with Crippen molar-refractivity contribution in [1.82, 2.24) is 4.98 Å². The van der Waals surface area contributed by atoms with E-state index >= 15 is 0 Å². The molecule has 0 fully saturated rings. The van der Waals surface area contributed by atoms with E-state index < -0.39 is 0 Å². The van der Waals surface area contributed by atoms with E-state index in [9.17, 15) is 0 Å². The molecule has 0 saturated heterocycles. The molecule has 0 atom stereocenters. The van der Waals surface area contributed by atoms with E-state index in [0.29, 0.717) is 5.70 Å². The molecule has 0 saturated carbocycles. The molecule has 80 valence electrons. The highest BCUT2D eigenvalue weighted by molar-refractivity contribution is 9.10. The van der Waals surface area contributed by atoms with Gasteiger partial charge < -0.3 is 5.73 Å². The molecule has 0 aliphatic heterocycles. The number of hydrogen-bond acceptors (Lipinski definition) is 2. The smallest absolute Gasteiger partial charge is 0.0702 e. The summed E-state index contributed by atoms with van der Waals surface area (Å²) in [5.41, 5.74) is 9.14. The van der Waals surface area contributed by atoms with Gasteiger partial charge in [-0.15, -0.1) is 0 Å². The highest BCUT2D eigenvalue weighted by atomic mass is 79.9. The second-order valence-corrected chi connectivity index (χ2v) is 4.38. The van der Waals surface area contributed by atoms with Gasteiger partial charge in [-0.2, -0.15) is 0 Å². The first kappa shape index (κ1) is 10.9. The van der Waals surface area contributed by atoms with Gasteiger partial charge in [-0.1, -0.05) is 30.8 Å². The minimum Gasteiger partial charge on any atom is -0.399 e. The zero-order chi connectivity index (χ0) is 11.5. The van der Waals surface area contributed by atoms with Gasteiger partial charge in [0, 0.05) is 21.9 Å². The van der Waals surface area contributed by atoms with Crippen LogP contribution in [0.15, 0.2) is 53.6 Å². The van der Waals surface area contributed by atoms with Gasteiger partial charge in [-0.3, -0.25) is 4.98 Å². The molecule has 0 aliphatic rings. The third-order valence-electron chi connectivity index (χ3n) is 2.28. The Morgan fingerprint density at radius 2 is 1.81 bits per heavy atom. The fraction of sp³-hybridized carbons (Fsp3) is 0. The van der Waals surface area contributed by atoms with Gasteiger partial charge in [0.05, 0.1) is 5.69 Å². The molecule has 0 radical (unpaired) electrons. The summed E-state index contributed by atoms with van der Waals surface area (Å²) in [6.07, 6.45) is 1.78. The Morgan fingerprint density at radius 1 is 1.12 bits per heavy atom. The normalized spacial score (nSPS) is 10.1. The first-order chi connectivity index (χ1) is 7.66. The summed E-state index contributed by atoms with van der Waals surface area (Å²) >= 11 is 3.36. The largest absolute Gasteiger partial charge is 0.399 e. The molecule has 2 N–H and O–H groups in total. The van der Waals surface area contributed by atoms with Crippen molar-refractivity contribution >= 4 is 21.6 Å². The molecule has 16 heavy (non-hydrogen) atoms. The number of rotatable bonds is 2. The van der Waals surface area contributed by atoms with Gasteiger partial charge in [0.15, 0.2) is 0 Å². The lowest BCUT2D eigenvalue weighted by atomic mass is 10.1. The van der Waals surface area contributed by atoms with Gasteiger partial charge in [-0.05, 0) is 33.6 Å². The Morgan fingerprint density at radius 3 is 2.31 bits per heavy atom. The van der Waals surface area contributed by atoms with Crippen LogP contribution in [0, 0.1) is 0 Å². The molecule has 0 spiro atoms. The fourth-order valence-electron chi connectivity index (χ4n) is 1.40. The molecule has 2 rings (SSSR count). The maximum atomic E-state index is 5.61. The van der Waals surface area contributed by atoms with Gasteiger partial charge in [0.25, 0.3) is 0 Å². The van der Waals surface area contributed by atoms with Crippen LogP contribution in [-0.4, -0.2) is 4.98 Å². The summed E-state index contributed by atoms with van der Waals surface area (Å²) in [6, 6.07) is 11.8. The summed E-state index contributed by atoms with van der Waals surface area (Å²) in [4.78, 5) is 4.32. The Bertz CT molecular complexity index is 500. The van der Waals surface area contributed by atoms with Gasteiger partial charge >= 0.3 is 0 Å². The van der Waals surface area contributed by atoms with E-state index in [1.54, 1.807) is 6.20 Å². The zero-order valence-electron chi connectivity index (χ0n) is 8.65. The standard InChI is InChI=1S/C13H11BrN2/c1-9(15)10-2-4-11(5-3-10)13-7-6-12(14)8-16-13/h2-8H,1,15H2. The lowest BCUT2D eigenvalue weighted by molar-refractivity contribution is 1.31. The van der Waals surface area contributed by atoms with Gasteiger partial charge in [0.2, 0.25) is 0 Å². The highest BCUT2D eigenvalue weighted by Gasteiger charge is 1.99. The van der Waals surface area contributed by atoms with E-state index in [4.69, 9.17) is 5.73 Å². The summed E-state index contributed by atoms with van der Waals surface area (Å²) in [5.74, 6) is 0. The second-order valence-electron chi connectivity index (χ2n) is 3.46. The molecular formula is C13H11BrN2. The van der Waals surface area contributed by atoms with Crippen LogP contribution in [0.4, 0.5) is 0 Å². The van der Waals surface area contributed by atoms with Crippen molar-refractivity contribution in [2.45, 2.75) is 0 Å². The average Bonchev–Trinajstić information content (AvgIpc) is 2.30. The minimum absolute atomic E-state index is 0.579. The number of halogens is 1. The van der Waals surface area contributed by atoms with Crippen molar-refractivity contribution in [3.05, 3.63) is 59.2 Å². The van der Waals surface area contributed by atoms with Crippen LogP contribution < -0.4 is 5.73 Å². The number of hydrogen-bond donors (Lipinski definition) is 1. The Hall–Kier alpha value is -1.61. The molecule has 1 aromatic carbocycles. The molecule has 2 nitrogen and oxygen atoms in total. The maximum absolute atomic E-state index is 5.61. The van der Waals surface area contributed by atoms with Crippen LogP contribution in [0.1, 0.15) is 5.56 Å². The van der Waals surface area contributed by atoms with Crippen LogP contribution in [0.3, 0.4) is 0 Å². The topological polar surface area (TPSA) is 38.9 Å². The van der Waals surface area contributed by atoms with Crippen LogP contribution in [0.5, 0.6) is 0 Å². The Labute approximate surface area is 103 Å².